The zero-order valence-electron chi connectivity index (χ0n) is 9.46. The molecule has 0 aliphatic heterocycles. The van der Waals surface area contributed by atoms with Gasteiger partial charge in [-0.15, -0.1) is 0 Å². The van der Waals surface area contributed by atoms with Crippen LogP contribution < -0.4 is 0 Å². The van der Waals surface area contributed by atoms with Gasteiger partial charge in [0.15, 0.2) is 0 Å². The topological polar surface area (TPSA) is 40.5 Å². The third-order valence-electron chi connectivity index (χ3n) is 2.24. The highest BCUT2D eigenvalue weighted by molar-refractivity contribution is 5.53. The van der Waals surface area contributed by atoms with Crippen molar-refractivity contribution >= 4 is 0 Å². The van der Waals surface area contributed by atoms with Crippen LogP contribution >= 0.6 is 0 Å². The molecule has 0 radical (unpaired) electrons. The Kier molecular flexibility index (Phi) is 4.61. The lowest BCUT2D eigenvalue weighted by molar-refractivity contribution is 0.350. The van der Waals surface area contributed by atoms with E-state index in [0.717, 1.165) is 22.3 Å². The number of aliphatic hydroxyl groups is 2. The average Bonchev–Trinajstić information content (AvgIpc) is 2.28. The van der Waals surface area contributed by atoms with Crippen molar-refractivity contribution in [3.63, 3.8) is 0 Å². The van der Waals surface area contributed by atoms with Gasteiger partial charge in [-0.1, -0.05) is 23.7 Å². The molecule has 0 saturated carbocycles. The second-order valence-corrected chi connectivity index (χ2v) is 3.40. The van der Waals surface area contributed by atoms with E-state index in [0.29, 0.717) is 0 Å². The number of hydrogen-bond donors (Lipinski definition) is 2. The van der Waals surface area contributed by atoms with Gasteiger partial charge in [-0.05, 0) is 37.1 Å². The maximum Gasteiger partial charge on any atom is 0.104 e. The summed E-state index contributed by atoms with van der Waals surface area (Å²) in [6, 6.07) is 3.89. The fraction of sp³-hybridized carbons (Fsp3) is 0.286. The Morgan fingerprint density at radius 3 is 1.56 bits per heavy atom. The van der Waals surface area contributed by atoms with E-state index >= 15 is 0 Å². The zero-order valence-corrected chi connectivity index (χ0v) is 9.46. The monoisotopic (exact) mass is 214 g/mol. The standard InChI is InChI=1S/C14H14O2/c1-11-9-13(5-3-7-15)14(6-4-8-16)10-12(11)2/h9-10,15-16H,7-8H2,1-2H3. The highest BCUT2D eigenvalue weighted by atomic mass is 16.3. The van der Waals surface area contributed by atoms with Crippen molar-refractivity contribution in [2.45, 2.75) is 13.8 Å². The van der Waals surface area contributed by atoms with Crippen LogP contribution in [0.5, 0.6) is 0 Å². The maximum absolute atomic E-state index is 8.67. The Hall–Kier alpha value is -1.74. The van der Waals surface area contributed by atoms with E-state index < -0.39 is 0 Å². The van der Waals surface area contributed by atoms with Crippen molar-refractivity contribution in [1.82, 2.24) is 0 Å². The van der Waals surface area contributed by atoms with Crippen molar-refractivity contribution in [2.75, 3.05) is 13.2 Å². The minimum atomic E-state index is -0.167. The van der Waals surface area contributed by atoms with Crippen molar-refractivity contribution in [2.24, 2.45) is 0 Å². The molecule has 0 aromatic heterocycles. The molecule has 0 atom stereocenters. The molecule has 2 nitrogen and oxygen atoms in total. The molecule has 2 heteroatoms. The summed E-state index contributed by atoms with van der Waals surface area (Å²) >= 11 is 0. The molecular weight excluding hydrogens is 200 g/mol. The van der Waals surface area contributed by atoms with Gasteiger partial charge in [0.2, 0.25) is 0 Å². The molecule has 0 fully saturated rings. The number of rotatable bonds is 0. The van der Waals surface area contributed by atoms with Gasteiger partial charge >= 0.3 is 0 Å². The normalized spacial score (nSPS) is 8.75. The Bertz CT molecular complexity index is 446. The lowest BCUT2D eigenvalue weighted by atomic mass is 10.0. The van der Waals surface area contributed by atoms with Gasteiger partial charge in [-0.2, -0.15) is 0 Å². The molecule has 0 aliphatic rings. The Labute approximate surface area is 95.9 Å². The number of hydrogen-bond acceptors (Lipinski definition) is 2. The average molecular weight is 214 g/mol. The summed E-state index contributed by atoms with van der Waals surface area (Å²) in [6.45, 7) is 3.67. The molecular formula is C14H14O2. The Morgan fingerprint density at radius 1 is 0.875 bits per heavy atom. The Morgan fingerprint density at radius 2 is 1.25 bits per heavy atom. The molecule has 0 aliphatic carbocycles. The lowest BCUT2D eigenvalue weighted by Gasteiger charge is -2.03. The summed E-state index contributed by atoms with van der Waals surface area (Å²) < 4.78 is 0. The van der Waals surface area contributed by atoms with Gasteiger partial charge in [0, 0.05) is 11.1 Å². The fourth-order valence-corrected chi connectivity index (χ4v) is 1.29. The Balaban J connectivity index is 3.27. The van der Waals surface area contributed by atoms with Crippen LogP contribution in [0.15, 0.2) is 12.1 Å². The molecule has 0 amide bonds. The molecule has 0 spiro atoms. The summed E-state index contributed by atoms with van der Waals surface area (Å²) in [5, 5.41) is 17.3. The third-order valence-corrected chi connectivity index (χ3v) is 2.24. The molecule has 0 saturated heterocycles. The minimum Gasteiger partial charge on any atom is -0.384 e. The largest absolute Gasteiger partial charge is 0.384 e. The summed E-state index contributed by atoms with van der Waals surface area (Å²) in [5.41, 5.74) is 3.85. The third kappa shape index (κ3) is 3.14. The number of aliphatic hydroxyl groups excluding tert-OH is 2. The maximum atomic E-state index is 8.67. The van der Waals surface area contributed by atoms with Crippen LogP contribution in [0.4, 0.5) is 0 Å². The minimum absolute atomic E-state index is 0.167. The highest BCUT2D eigenvalue weighted by Crippen LogP contribution is 2.14. The first kappa shape index (κ1) is 12.3. The SMILES string of the molecule is Cc1cc(C#CCO)c(C#CCO)cc1C. The molecule has 2 N–H and O–H groups in total. The number of benzene rings is 1. The second kappa shape index (κ2) is 5.98. The first-order chi connectivity index (χ1) is 7.69. The van der Waals surface area contributed by atoms with Crippen LogP contribution in [-0.2, 0) is 0 Å². The fourth-order valence-electron chi connectivity index (χ4n) is 1.29. The summed E-state index contributed by atoms with van der Waals surface area (Å²) in [5.74, 6) is 10.9. The van der Waals surface area contributed by atoms with E-state index in [1.807, 2.05) is 26.0 Å². The zero-order chi connectivity index (χ0) is 12.0. The van der Waals surface area contributed by atoms with E-state index in [1.54, 1.807) is 0 Å². The molecule has 0 bridgehead atoms. The summed E-state index contributed by atoms with van der Waals surface area (Å²) in [4.78, 5) is 0. The molecule has 0 unspecified atom stereocenters. The van der Waals surface area contributed by atoms with Crippen LogP contribution in [0, 0.1) is 37.5 Å². The van der Waals surface area contributed by atoms with E-state index in [2.05, 4.69) is 23.7 Å². The highest BCUT2D eigenvalue weighted by Gasteiger charge is 2.00. The van der Waals surface area contributed by atoms with E-state index in [1.165, 1.54) is 0 Å². The van der Waals surface area contributed by atoms with Crippen LogP contribution in [0.3, 0.4) is 0 Å². The van der Waals surface area contributed by atoms with Crippen molar-refractivity contribution in [1.29, 1.82) is 0 Å². The van der Waals surface area contributed by atoms with Gasteiger partial charge < -0.3 is 10.2 Å². The van der Waals surface area contributed by atoms with Gasteiger partial charge in [-0.3, -0.25) is 0 Å². The summed E-state index contributed by atoms with van der Waals surface area (Å²) in [6.07, 6.45) is 0. The molecule has 1 aromatic carbocycles. The number of aryl methyl sites for hydroxylation is 2. The van der Waals surface area contributed by atoms with Crippen LogP contribution in [0.1, 0.15) is 22.3 Å². The van der Waals surface area contributed by atoms with Gasteiger partial charge in [-0.25, -0.2) is 0 Å². The van der Waals surface area contributed by atoms with E-state index in [4.69, 9.17) is 10.2 Å². The molecule has 0 heterocycles. The molecule has 1 aromatic rings. The smallest absolute Gasteiger partial charge is 0.104 e. The molecule has 16 heavy (non-hydrogen) atoms. The van der Waals surface area contributed by atoms with Crippen molar-refractivity contribution in [3.05, 3.63) is 34.4 Å². The molecule has 82 valence electrons. The lowest BCUT2D eigenvalue weighted by Crippen LogP contribution is -1.90. The van der Waals surface area contributed by atoms with Crippen LogP contribution in [0.25, 0.3) is 0 Å². The van der Waals surface area contributed by atoms with E-state index in [9.17, 15) is 0 Å². The van der Waals surface area contributed by atoms with Crippen LogP contribution in [0.2, 0.25) is 0 Å². The predicted octanol–water partition coefficient (Wildman–Crippen LogP) is 0.991. The second-order valence-electron chi connectivity index (χ2n) is 3.40. The van der Waals surface area contributed by atoms with Gasteiger partial charge in [0.1, 0.15) is 13.2 Å². The first-order valence-electron chi connectivity index (χ1n) is 4.99. The first-order valence-corrected chi connectivity index (χ1v) is 4.99. The summed E-state index contributed by atoms with van der Waals surface area (Å²) in [7, 11) is 0. The van der Waals surface area contributed by atoms with Gasteiger partial charge in [0.05, 0.1) is 0 Å². The van der Waals surface area contributed by atoms with Gasteiger partial charge in [0.25, 0.3) is 0 Å². The predicted molar refractivity (Wildman–Crippen MR) is 63.8 cm³/mol. The molecule has 1 rings (SSSR count). The van der Waals surface area contributed by atoms with Crippen LogP contribution in [-0.4, -0.2) is 23.4 Å². The quantitative estimate of drug-likeness (QED) is 0.632. The van der Waals surface area contributed by atoms with Crippen molar-refractivity contribution < 1.29 is 10.2 Å². The van der Waals surface area contributed by atoms with Crippen molar-refractivity contribution in [3.8, 4) is 23.7 Å². The van der Waals surface area contributed by atoms with E-state index in [-0.39, 0.29) is 13.2 Å².